The average Bonchev–Trinajstić information content (AvgIpc) is 2.67. The van der Waals surface area contributed by atoms with Gasteiger partial charge in [0.1, 0.15) is 5.54 Å². The lowest BCUT2D eigenvalue weighted by atomic mass is 9.98. The lowest BCUT2D eigenvalue weighted by molar-refractivity contribution is -0.144. The van der Waals surface area contributed by atoms with E-state index in [1.54, 1.807) is 0 Å². The summed E-state index contributed by atoms with van der Waals surface area (Å²) in [5.41, 5.74) is -0.641. The maximum atomic E-state index is 11.3. The fourth-order valence-corrected chi connectivity index (χ4v) is 2.17. The van der Waals surface area contributed by atoms with E-state index in [1.165, 1.54) is 0 Å². The van der Waals surface area contributed by atoms with E-state index in [2.05, 4.69) is 31.1 Å². The Morgan fingerprint density at radius 3 is 2.44 bits per heavy atom. The summed E-state index contributed by atoms with van der Waals surface area (Å²) in [6.45, 7) is 5.93. The van der Waals surface area contributed by atoms with Crippen molar-refractivity contribution in [1.29, 1.82) is 0 Å². The van der Waals surface area contributed by atoms with Crippen molar-refractivity contribution < 1.29 is 9.90 Å². The smallest absolute Gasteiger partial charge is 0.323 e. The van der Waals surface area contributed by atoms with Crippen molar-refractivity contribution in [1.82, 2.24) is 10.2 Å². The number of hydrogen-bond donors (Lipinski definition) is 2. The Bertz CT molecular complexity index is 235. The Labute approximate surface area is 98.0 Å². The Morgan fingerprint density at radius 1 is 1.44 bits per heavy atom. The second kappa shape index (κ2) is 5.64. The zero-order chi connectivity index (χ0) is 12.2. The second-order valence-corrected chi connectivity index (χ2v) is 5.10. The van der Waals surface area contributed by atoms with Gasteiger partial charge in [0.2, 0.25) is 0 Å². The maximum absolute atomic E-state index is 11.3. The molecule has 0 radical (unpaired) electrons. The van der Waals surface area contributed by atoms with E-state index in [0.717, 1.165) is 38.8 Å². The van der Waals surface area contributed by atoms with E-state index in [1.807, 2.05) is 0 Å². The molecule has 0 aliphatic heterocycles. The molecule has 0 aromatic heterocycles. The molecule has 4 nitrogen and oxygen atoms in total. The number of nitrogens with one attached hydrogen (secondary N) is 1. The highest BCUT2D eigenvalue weighted by molar-refractivity contribution is 5.79. The van der Waals surface area contributed by atoms with Crippen LogP contribution in [0.2, 0.25) is 0 Å². The van der Waals surface area contributed by atoms with E-state index in [4.69, 9.17) is 0 Å². The van der Waals surface area contributed by atoms with Crippen LogP contribution in [0, 0.1) is 0 Å². The highest BCUT2D eigenvalue weighted by atomic mass is 16.4. The normalized spacial score (nSPS) is 19.6. The maximum Gasteiger partial charge on any atom is 0.323 e. The van der Waals surface area contributed by atoms with Crippen molar-refractivity contribution in [2.45, 2.75) is 51.1 Å². The number of rotatable bonds is 6. The van der Waals surface area contributed by atoms with Gasteiger partial charge in [-0.15, -0.1) is 0 Å². The largest absolute Gasteiger partial charge is 0.480 e. The molecule has 2 N–H and O–H groups in total. The zero-order valence-corrected chi connectivity index (χ0v) is 10.6. The van der Waals surface area contributed by atoms with Gasteiger partial charge in [0, 0.05) is 19.1 Å². The van der Waals surface area contributed by atoms with Gasteiger partial charge in [-0.1, -0.05) is 12.8 Å². The molecule has 1 aliphatic carbocycles. The molecule has 1 fully saturated rings. The van der Waals surface area contributed by atoms with E-state index in [-0.39, 0.29) is 0 Å². The van der Waals surface area contributed by atoms with E-state index >= 15 is 0 Å². The van der Waals surface area contributed by atoms with Gasteiger partial charge >= 0.3 is 5.97 Å². The van der Waals surface area contributed by atoms with Crippen molar-refractivity contribution in [2.24, 2.45) is 0 Å². The molecule has 0 atom stereocenters. The molecule has 1 aliphatic rings. The SMILES string of the molecule is CC(C)N(C)CCNC1(C(=O)O)CCCC1. The predicted octanol–water partition coefficient (Wildman–Crippen LogP) is 1.31. The molecular formula is C12H24N2O2. The minimum absolute atomic E-state index is 0.506. The lowest BCUT2D eigenvalue weighted by Gasteiger charge is -2.28. The van der Waals surface area contributed by atoms with Gasteiger partial charge in [-0.2, -0.15) is 0 Å². The quantitative estimate of drug-likeness (QED) is 0.720. The van der Waals surface area contributed by atoms with Crippen molar-refractivity contribution in [3.05, 3.63) is 0 Å². The van der Waals surface area contributed by atoms with Crippen molar-refractivity contribution in [3.63, 3.8) is 0 Å². The first-order chi connectivity index (χ1) is 7.48. The number of carboxylic acid groups (broad SMARTS) is 1. The van der Waals surface area contributed by atoms with Gasteiger partial charge in [-0.05, 0) is 33.7 Å². The number of likely N-dealkylation sites (N-methyl/N-ethyl adjacent to an activating group) is 1. The summed E-state index contributed by atoms with van der Waals surface area (Å²) in [4.78, 5) is 13.5. The number of nitrogens with zero attached hydrogens (tertiary/aromatic N) is 1. The number of carbonyl (C=O) groups is 1. The third kappa shape index (κ3) is 3.19. The van der Waals surface area contributed by atoms with Crippen LogP contribution < -0.4 is 5.32 Å². The molecule has 0 bridgehead atoms. The van der Waals surface area contributed by atoms with Gasteiger partial charge in [0.05, 0.1) is 0 Å². The first-order valence-electron chi connectivity index (χ1n) is 6.16. The third-order valence-corrected chi connectivity index (χ3v) is 3.68. The van der Waals surface area contributed by atoms with E-state index < -0.39 is 11.5 Å². The zero-order valence-electron chi connectivity index (χ0n) is 10.6. The van der Waals surface area contributed by atoms with Crippen molar-refractivity contribution in [2.75, 3.05) is 20.1 Å². The van der Waals surface area contributed by atoms with Crippen LogP contribution in [0.5, 0.6) is 0 Å². The average molecular weight is 228 g/mol. The Hall–Kier alpha value is -0.610. The molecule has 0 spiro atoms. The summed E-state index contributed by atoms with van der Waals surface area (Å²) in [5, 5.41) is 12.5. The molecule has 0 unspecified atom stereocenters. The summed E-state index contributed by atoms with van der Waals surface area (Å²) in [6, 6.07) is 0.506. The molecule has 0 heterocycles. The Kier molecular flexibility index (Phi) is 4.74. The van der Waals surface area contributed by atoms with Crippen LogP contribution in [0.4, 0.5) is 0 Å². The van der Waals surface area contributed by atoms with Gasteiger partial charge < -0.3 is 15.3 Å². The topological polar surface area (TPSA) is 52.6 Å². The Balaban J connectivity index is 2.37. The van der Waals surface area contributed by atoms with Gasteiger partial charge in [0.25, 0.3) is 0 Å². The summed E-state index contributed by atoms with van der Waals surface area (Å²) >= 11 is 0. The first-order valence-corrected chi connectivity index (χ1v) is 6.16. The molecule has 0 aromatic carbocycles. The summed E-state index contributed by atoms with van der Waals surface area (Å²) in [6.07, 6.45) is 3.60. The second-order valence-electron chi connectivity index (χ2n) is 5.10. The number of hydrogen-bond acceptors (Lipinski definition) is 3. The van der Waals surface area contributed by atoms with Crippen LogP contribution in [0.3, 0.4) is 0 Å². The van der Waals surface area contributed by atoms with Crippen LogP contribution >= 0.6 is 0 Å². The first kappa shape index (κ1) is 13.5. The molecule has 94 valence electrons. The molecule has 0 saturated heterocycles. The van der Waals surface area contributed by atoms with Crippen LogP contribution in [0.1, 0.15) is 39.5 Å². The Morgan fingerprint density at radius 2 is 2.00 bits per heavy atom. The molecule has 1 saturated carbocycles. The molecule has 4 heteroatoms. The van der Waals surface area contributed by atoms with Gasteiger partial charge in [-0.3, -0.25) is 4.79 Å². The molecular weight excluding hydrogens is 204 g/mol. The van der Waals surface area contributed by atoms with Crippen LogP contribution in [-0.4, -0.2) is 47.7 Å². The van der Waals surface area contributed by atoms with Crippen molar-refractivity contribution in [3.8, 4) is 0 Å². The molecule has 16 heavy (non-hydrogen) atoms. The van der Waals surface area contributed by atoms with Crippen molar-refractivity contribution >= 4 is 5.97 Å². The highest BCUT2D eigenvalue weighted by Gasteiger charge is 2.40. The summed E-state index contributed by atoms with van der Waals surface area (Å²) in [7, 11) is 2.06. The monoisotopic (exact) mass is 228 g/mol. The standard InChI is InChI=1S/C12H24N2O2/c1-10(2)14(3)9-8-13-12(11(15)16)6-4-5-7-12/h10,13H,4-9H2,1-3H3,(H,15,16). The fourth-order valence-electron chi connectivity index (χ4n) is 2.17. The fraction of sp³-hybridized carbons (Fsp3) is 0.917. The number of aliphatic carboxylic acids is 1. The third-order valence-electron chi connectivity index (χ3n) is 3.68. The minimum atomic E-state index is -0.683. The predicted molar refractivity (Wildman–Crippen MR) is 64.6 cm³/mol. The minimum Gasteiger partial charge on any atom is -0.480 e. The molecule has 0 aromatic rings. The van der Waals surface area contributed by atoms with Crippen LogP contribution in [-0.2, 0) is 4.79 Å². The summed E-state index contributed by atoms with van der Waals surface area (Å²) in [5.74, 6) is -0.683. The summed E-state index contributed by atoms with van der Waals surface area (Å²) < 4.78 is 0. The lowest BCUT2D eigenvalue weighted by Crippen LogP contribution is -2.52. The number of carboxylic acids is 1. The van der Waals surface area contributed by atoms with E-state index in [0.29, 0.717) is 6.04 Å². The van der Waals surface area contributed by atoms with Gasteiger partial charge in [-0.25, -0.2) is 0 Å². The molecule has 1 rings (SSSR count). The van der Waals surface area contributed by atoms with Crippen LogP contribution in [0.15, 0.2) is 0 Å². The van der Waals surface area contributed by atoms with Gasteiger partial charge in [0.15, 0.2) is 0 Å². The van der Waals surface area contributed by atoms with Crippen LogP contribution in [0.25, 0.3) is 0 Å². The molecule has 0 amide bonds. The van der Waals surface area contributed by atoms with E-state index in [9.17, 15) is 9.90 Å². The highest BCUT2D eigenvalue weighted by Crippen LogP contribution is 2.29.